The highest BCUT2D eigenvalue weighted by Crippen LogP contribution is 2.30. The number of rotatable bonds is 48. The minimum Gasteiger partial charge on any atom is -0.394 e. The van der Waals surface area contributed by atoms with E-state index < -0.39 is 86.8 Å². The zero-order chi connectivity index (χ0) is 53.9. The molecule has 9 N–H and O–H groups in total. The van der Waals surface area contributed by atoms with E-state index in [4.69, 9.17) is 18.9 Å². The van der Waals surface area contributed by atoms with E-state index in [-0.39, 0.29) is 18.9 Å². The van der Waals surface area contributed by atoms with Crippen LogP contribution in [-0.4, -0.2) is 140 Å². The van der Waals surface area contributed by atoms with Gasteiger partial charge in [0.15, 0.2) is 12.6 Å². The van der Waals surface area contributed by atoms with Crippen LogP contribution in [0.4, 0.5) is 0 Å². The van der Waals surface area contributed by atoms with Crippen LogP contribution in [0.5, 0.6) is 0 Å². The topological polar surface area (TPSA) is 228 Å². The van der Waals surface area contributed by atoms with Crippen LogP contribution in [0.1, 0.15) is 245 Å². The van der Waals surface area contributed by atoms with Crippen LogP contribution in [0.25, 0.3) is 0 Å². The average molecular weight is 1050 g/mol. The predicted molar refractivity (Wildman–Crippen MR) is 295 cm³/mol. The van der Waals surface area contributed by atoms with Crippen LogP contribution in [0.3, 0.4) is 0 Å². The number of amides is 1. The first-order valence-electron chi connectivity index (χ1n) is 30.2. The maximum atomic E-state index is 13.2. The molecule has 2 heterocycles. The van der Waals surface area contributed by atoms with Gasteiger partial charge in [-0.05, 0) is 57.8 Å². The Kier molecular flexibility index (Phi) is 42.6. The molecule has 2 saturated heterocycles. The number of carbonyl (C=O) groups is 1. The van der Waals surface area contributed by atoms with Gasteiger partial charge in [0.1, 0.15) is 48.8 Å². The second kappa shape index (κ2) is 46.2. The van der Waals surface area contributed by atoms with Gasteiger partial charge in [0.2, 0.25) is 5.91 Å². The maximum Gasteiger partial charge on any atom is 0.220 e. The fourth-order valence-corrected chi connectivity index (χ4v) is 9.89. The van der Waals surface area contributed by atoms with Gasteiger partial charge in [-0.25, -0.2) is 0 Å². The van der Waals surface area contributed by atoms with Crippen LogP contribution >= 0.6 is 0 Å². The number of unbranched alkanes of at least 4 members (excludes halogenated alkanes) is 31. The van der Waals surface area contributed by atoms with Crippen LogP contribution in [0.15, 0.2) is 36.5 Å². The molecule has 0 aromatic rings. The van der Waals surface area contributed by atoms with E-state index >= 15 is 0 Å². The molecule has 0 aromatic carbocycles. The summed E-state index contributed by atoms with van der Waals surface area (Å²) in [5.41, 5.74) is 0. The van der Waals surface area contributed by atoms with Gasteiger partial charge in [-0.15, -0.1) is 0 Å². The number of hydrogen-bond acceptors (Lipinski definition) is 13. The molecule has 0 aromatic heterocycles. The Morgan fingerprint density at radius 2 is 0.865 bits per heavy atom. The van der Waals surface area contributed by atoms with Crippen LogP contribution in [0.2, 0.25) is 0 Å². The van der Waals surface area contributed by atoms with Crippen molar-refractivity contribution < 1.29 is 64.6 Å². The number of carbonyl (C=O) groups excluding carboxylic acids is 1. The van der Waals surface area contributed by atoms with E-state index in [9.17, 15) is 45.6 Å². The Balaban J connectivity index is 1.70. The van der Waals surface area contributed by atoms with Crippen molar-refractivity contribution in [3.63, 3.8) is 0 Å². The molecular weight excluding hydrogens is 943 g/mol. The lowest BCUT2D eigenvalue weighted by Crippen LogP contribution is -2.65. The summed E-state index contributed by atoms with van der Waals surface area (Å²) in [4.78, 5) is 13.2. The minimum atomic E-state index is -1.79. The van der Waals surface area contributed by atoms with Crippen molar-refractivity contribution in [3.8, 4) is 0 Å². The lowest BCUT2D eigenvalue weighted by molar-refractivity contribution is -0.359. The zero-order valence-corrected chi connectivity index (χ0v) is 46.6. The lowest BCUT2D eigenvalue weighted by Gasteiger charge is -2.46. The number of hydrogen-bond donors (Lipinski definition) is 9. The summed E-state index contributed by atoms with van der Waals surface area (Å²) < 4.78 is 22.7. The number of aliphatic hydroxyl groups is 8. The van der Waals surface area contributed by atoms with Crippen molar-refractivity contribution in [2.24, 2.45) is 0 Å². The monoisotopic (exact) mass is 1050 g/mol. The number of ether oxygens (including phenoxy) is 4. The third kappa shape index (κ3) is 31.6. The quantitative estimate of drug-likeness (QED) is 0.0204. The highest BCUT2D eigenvalue weighted by molar-refractivity contribution is 5.76. The second-order valence-electron chi connectivity index (χ2n) is 21.5. The van der Waals surface area contributed by atoms with Crippen LogP contribution in [-0.2, 0) is 23.7 Å². The number of nitrogens with one attached hydrogen (secondary N) is 1. The van der Waals surface area contributed by atoms with Crippen LogP contribution < -0.4 is 5.32 Å². The Hall–Kier alpha value is -1.79. The van der Waals surface area contributed by atoms with Crippen molar-refractivity contribution in [3.05, 3.63) is 36.5 Å². The lowest BCUT2D eigenvalue weighted by atomic mass is 9.97. The molecule has 2 aliphatic rings. The normalized spacial score (nSPS) is 25.4. The molecule has 12 unspecified atom stereocenters. The number of aliphatic hydroxyl groups excluding tert-OH is 8. The fraction of sp³-hybridized carbons (Fsp3) is 0.883. The first-order chi connectivity index (χ1) is 36.1. The van der Waals surface area contributed by atoms with E-state index in [2.05, 4.69) is 43.5 Å². The van der Waals surface area contributed by atoms with Gasteiger partial charge in [0.05, 0.1) is 32.0 Å². The molecule has 14 nitrogen and oxygen atoms in total. The summed E-state index contributed by atoms with van der Waals surface area (Å²) in [6, 6.07) is -0.929. The first kappa shape index (κ1) is 68.3. The van der Waals surface area contributed by atoms with Crippen molar-refractivity contribution >= 4 is 5.91 Å². The molecule has 1 amide bonds. The molecule has 0 radical (unpaired) electrons. The van der Waals surface area contributed by atoms with Crippen LogP contribution in [0, 0.1) is 0 Å². The molecule has 74 heavy (non-hydrogen) atoms. The van der Waals surface area contributed by atoms with Gasteiger partial charge in [-0.3, -0.25) is 4.79 Å². The molecule has 2 rings (SSSR count). The summed E-state index contributed by atoms with van der Waals surface area (Å²) in [6.45, 7) is 2.78. The minimum absolute atomic E-state index is 0.248. The van der Waals surface area contributed by atoms with E-state index in [0.29, 0.717) is 12.8 Å². The van der Waals surface area contributed by atoms with Crippen molar-refractivity contribution in [2.45, 2.75) is 319 Å². The summed E-state index contributed by atoms with van der Waals surface area (Å²) in [5.74, 6) is -0.248. The third-order valence-corrected chi connectivity index (χ3v) is 14.8. The molecule has 0 aliphatic carbocycles. The molecule has 0 saturated carbocycles. The van der Waals surface area contributed by atoms with E-state index in [0.717, 1.165) is 32.1 Å². The Bertz CT molecular complexity index is 1380. The summed E-state index contributed by atoms with van der Waals surface area (Å²) >= 11 is 0. The van der Waals surface area contributed by atoms with E-state index in [1.54, 1.807) is 6.08 Å². The highest BCUT2D eigenvalue weighted by atomic mass is 16.7. The van der Waals surface area contributed by atoms with Crippen molar-refractivity contribution in [1.82, 2.24) is 5.32 Å². The van der Waals surface area contributed by atoms with E-state index in [1.165, 1.54) is 180 Å². The summed E-state index contributed by atoms with van der Waals surface area (Å²) in [6.07, 6.45) is 39.2. The van der Waals surface area contributed by atoms with Gasteiger partial charge in [-0.2, -0.15) is 0 Å². The zero-order valence-electron chi connectivity index (χ0n) is 46.6. The molecule has 0 spiro atoms. The molecule has 2 aliphatic heterocycles. The third-order valence-electron chi connectivity index (χ3n) is 14.8. The van der Waals surface area contributed by atoms with Gasteiger partial charge in [0, 0.05) is 6.42 Å². The van der Waals surface area contributed by atoms with Gasteiger partial charge < -0.3 is 65.1 Å². The molecule has 14 heteroatoms. The summed E-state index contributed by atoms with van der Waals surface area (Å²) in [5, 5.41) is 86.9. The Morgan fingerprint density at radius 3 is 1.32 bits per heavy atom. The first-order valence-corrected chi connectivity index (χ1v) is 30.2. The van der Waals surface area contributed by atoms with Gasteiger partial charge in [-0.1, -0.05) is 217 Å². The van der Waals surface area contributed by atoms with E-state index in [1.807, 2.05) is 6.08 Å². The Morgan fingerprint density at radius 1 is 0.473 bits per heavy atom. The van der Waals surface area contributed by atoms with Gasteiger partial charge >= 0.3 is 0 Å². The average Bonchev–Trinajstić information content (AvgIpc) is 3.40. The molecular formula is C60H111NO13. The largest absolute Gasteiger partial charge is 0.394 e. The highest BCUT2D eigenvalue weighted by Gasteiger charge is 2.51. The van der Waals surface area contributed by atoms with Crippen molar-refractivity contribution in [2.75, 3.05) is 19.8 Å². The molecule has 0 bridgehead atoms. The SMILES string of the molecule is CCCCCCCCC/C=C/CC/C=C/C(O)C(COC1OC(CO)C(OC2OC(CO)C(O)C(O)C2O)C(O)C1O)NC(=O)CCCCCCCCCCCCCCCCC/C=C\CCCCCCCCCC. The number of allylic oxidation sites excluding steroid dienone is 5. The maximum absolute atomic E-state index is 13.2. The van der Waals surface area contributed by atoms with Crippen molar-refractivity contribution in [1.29, 1.82) is 0 Å². The summed E-state index contributed by atoms with van der Waals surface area (Å²) in [7, 11) is 0. The molecule has 2 fully saturated rings. The predicted octanol–water partition coefficient (Wildman–Crippen LogP) is 10.2. The van der Waals surface area contributed by atoms with Gasteiger partial charge in [0.25, 0.3) is 0 Å². The fourth-order valence-electron chi connectivity index (χ4n) is 9.89. The smallest absolute Gasteiger partial charge is 0.220 e. The standard InChI is InChI=1S/C60H111NO13/c1-3-5-7-9-11-13-15-17-18-19-20-21-22-23-24-25-26-27-28-29-30-32-34-36-38-40-42-44-52(65)61-48(49(64)43-41-39-37-35-33-31-16-14-12-10-8-6-4-2)47-71-59-57(70)55(68)58(51(46-63)73-59)74-60-56(69)54(67)53(66)50(45-62)72-60/h19-20,33,35,41,43,48-51,53-60,62-64,66-70H,3-18,21-32,34,36-40,42,44-47H2,1-2H3,(H,61,65)/b20-19-,35-33+,43-41+. The molecule has 434 valence electrons. The Labute approximate surface area is 449 Å². The molecule has 12 atom stereocenters. The second-order valence-corrected chi connectivity index (χ2v) is 21.5.